The van der Waals surface area contributed by atoms with Gasteiger partial charge in [-0.3, -0.25) is 0 Å². The van der Waals surface area contributed by atoms with Gasteiger partial charge in [0.15, 0.2) is 0 Å². The van der Waals surface area contributed by atoms with Crippen LogP contribution in [0.15, 0.2) is 30.7 Å². The first-order chi connectivity index (χ1) is 9.78. The van der Waals surface area contributed by atoms with Crippen LogP contribution in [0.3, 0.4) is 0 Å². The summed E-state index contributed by atoms with van der Waals surface area (Å²) in [6.45, 7) is 8.11. The highest BCUT2D eigenvalue weighted by molar-refractivity contribution is 6.62. The van der Waals surface area contributed by atoms with Crippen LogP contribution in [-0.4, -0.2) is 33.1 Å². The smallest absolute Gasteiger partial charge is 0.399 e. The van der Waals surface area contributed by atoms with Gasteiger partial charge in [-0.15, -0.1) is 0 Å². The maximum absolute atomic E-state index is 6.01. The first-order valence-corrected chi connectivity index (χ1v) is 7.18. The third-order valence-corrected chi connectivity index (χ3v) is 4.31. The molecule has 2 aromatic heterocycles. The van der Waals surface area contributed by atoms with E-state index in [0.717, 1.165) is 11.2 Å². The van der Waals surface area contributed by atoms with Gasteiger partial charge in [0.25, 0.3) is 0 Å². The molecule has 1 aliphatic rings. The average Bonchev–Trinajstić information content (AvgIpc) is 2.93. The number of pyridine rings is 1. The molecule has 3 heterocycles. The van der Waals surface area contributed by atoms with E-state index in [9.17, 15) is 0 Å². The van der Waals surface area contributed by atoms with Crippen molar-refractivity contribution in [1.29, 1.82) is 0 Å². The molecular weight excluding hydrogens is 288 g/mol. The first kappa shape index (κ1) is 14.6. The molecule has 0 unspecified atom stereocenters. The SMILES string of the molecule is CC1(C)OB(c2cnn(-c3ccnc(Cl)c3)c2)OC1(C)C. The van der Waals surface area contributed by atoms with E-state index in [2.05, 4.69) is 10.1 Å². The summed E-state index contributed by atoms with van der Waals surface area (Å²) in [4.78, 5) is 3.96. The quantitative estimate of drug-likeness (QED) is 0.630. The Morgan fingerprint density at radius 2 is 1.86 bits per heavy atom. The summed E-state index contributed by atoms with van der Waals surface area (Å²) in [6.07, 6.45) is 5.28. The molecule has 5 nitrogen and oxygen atoms in total. The number of hydrogen-bond donors (Lipinski definition) is 0. The number of halogens is 1. The van der Waals surface area contributed by atoms with Crippen molar-refractivity contribution in [3.05, 3.63) is 35.9 Å². The Labute approximate surface area is 129 Å². The zero-order valence-corrected chi connectivity index (χ0v) is 13.3. The van der Waals surface area contributed by atoms with Gasteiger partial charge in [0.1, 0.15) is 5.15 Å². The Morgan fingerprint density at radius 3 is 2.48 bits per heavy atom. The fourth-order valence-electron chi connectivity index (χ4n) is 2.11. The zero-order chi connectivity index (χ0) is 15.3. The highest BCUT2D eigenvalue weighted by Crippen LogP contribution is 2.36. The monoisotopic (exact) mass is 305 g/mol. The van der Waals surface area contributed by atoms with Crippen molar-refractivity contribution in [2.24, 2.45) is 0 Å². The van der Waals surface area contributed by atoms with Crippen LogP contribution in [0, 0.1) is 0 Å². The molecule has 0 aromatic carbocycles. The van der Waals surface area contributed by atoms with Crippen LogP contribution >= 0.6 is 11.6 Å². The van der Waals surface area contributed by atoms with Crippen molar-refractivity contribution in [2.45, 2.75) is 38.9 Å². The largest absolute Gasteiger partial charge is 0.498 e. The predicted octanol–water partition coefficient (Wildman–Crippen LogP) is 2.22. The van der Waals surface area contributed by atoms with E-state index in [1.54, 1.807) is 23.1 Å². The van der Waals surface area contributed by atoms with Crippen molar-refractivity contribution in [3.8, 4) is 5.69 Å². The molecule has 0 amide bonds. The molecule has 3 rings (SSSR count). The van der Waals surface area contributed by atoms with Gasteiger partial charge >= 0.3 is 7.12 Å². The molecule has 2 aromatic rings. The van der Waals surface area contributed by atoms with E-state index in [1.165, 1.54) is 0 Å². The topological polar surface area (TPSA) is 49.2 Å². The van der Waals surface area contributed by atoms with Crippen molar-refractivity contribution >= 4 is 24.2 Å². The summed E-state index contributed by atoms with van der Waals surface area (Å²) in [5.41, 5.74) is 0.999. The zero-order valence-electron chi connectivity index (χ0n) is 12.5. The van der Waals surface area contributed by atoms with E-state index < -0.39 is 7.12 Å². The number of hydrogen-bond acceptors (Lipinski definition) is 4. The third-order valence-electron chi connectivity index (χ3n) is 4.10. The number of rotatable bonds is 2. The van der Waals surface area contributed by atoms with Crippen LogP contribution in [-0.2, 0) is 9.31 Å². The molecule has 1 fully saturated rings. The molecule has 7 heteroatoms. The van der Waals surface area contributed by atoms with Crippen LogP contribution < -0.4 is 5.46 Å². The normalized spacial score (nSPS) is 20.0. The lowest BCUT2D eigenvalue weighted by Gasteiger charge is -2.32. The van der Waals surface area contributed by atoms with E-state index in [0.29, 0.717) is 5.15 Å². The highest BCUT2D eigenvalue weighted by atomic mass is 35.5. The summed E-state index contributed by atoms with van der Waals surface area (Å²) >= 11 is 5.90. The van der Waals surface area contributed by atoms with Crippen molar-refractivity contribution in [3.63, 3.8) is 0 Å². The molecule has 0 atom stereocenters. The second-order valence-electron chi connectivity index (χ2n) is 6.14. The molecule has 0 spiro atoms. The fourth-order valence-corrected chi connectivity index (χ4v) is 2.28. The Hall–Kier alpha value is -1.37. The molecule has 1 aliphatic heterocycles. The lowest BCUT2D eigenvalue weighted by Crippen LogP contribution is -2.41. The second kappa shape index (κ2) is 4.83. The van der Waals surface area contributed by atoms with Gasteiger partial charge in [-0.25, -0.2) is 9.67 Å². The van der Waals surface area contributed by atoms with E-state index in [4.69, 9.17) is 20.9 Å². The van der Waals surface area contributed by atoms with Gasteiger partial charge in [-0.1, -0.05) is 11.6 Å². The lowest BCUT2D eigenvalue weighted by atomic mass is 9.82. The van der Waals surface area contributed by atoms with Gasteiger partial charge in [-0.05, 0) is 33.8 Å². The number of nitrogens with zero attached hydrogens (tertiary/aromatic N) is 3. The molecule has 1 saturated heterocycles. The highest BCUT2D eigenvalue weighted by Gasteiger charge is 2.52. The molecular formula is C14H17BClN3O2. The van der Waals surface area contributed by atoms with Crippen molar-refractivity contribution in [2.75, 3.05) is 0 Å². The Balaban J connectivity index is 1.87. The summed E-state index contributed by atoms with van der Waals surface area (Å²) < 4.78 is 13.7. The van der Waals surface area contributed by atoms with Gasteiger partial charge in [0.2, 0.25) is 0 Å². The molecule has 0 radical (unpaired) electrons. The fraction of sp³-hybridized carbons (Fsp3) is 0.429. The molecule has 110 valence electrons. The molecule has 21 heavy (non-hydrogen) atoms. The Bertz CT molecular complexity index is 656. The van der Waals surface area contributed by atoms with Crippen LogP contribution in [0.4, 0.5) is 0 Å². The molecule has 0 saturated carbocycles. The van der Waals surface area contributed by atoms with Gasteiger partial charge < -0.3 is 9.31 Å². The van der Waals surface area contributed by atoms with Crippen LogP contribution in [0.5, 0.6) is 0 Å². The third kappa shape index (κ3) is 2.59. The van der Waals surface area contributed by atoms with E-state index in [1.807, 2.05) is 40.0 Å². The van der Waals surface area contributed by atoms with E-state index in [-0.39, 0.29) is 11.2 Å². The second-order valence-corrected chi connectivity index (χ2v) is 6.53. The Kier molecular flexibility index (Phi) is 3.35. The summed E-state index contributed by atoms with van der Waals surface area (Å²) in [7, 11) is -0.416. The summed E-state index contributed by atoms with van der Waals surface area (Å²) in [5, 5.41) is 4.77. The summed E-state index contributed by atoms with van der Waals surface area (Å²) in [5.74, 6) is 0. The first-order valence-electron chi connectivity index (χ1n) is 6.81. The molecule has 0 aliphatic carbocycles. The van der Waals surface area contributed by atoms with Gasteiger partial charge in [-0.2, -0.15) is 5.10 Å². The van der Waals surface area contributed by atoms with Crippen LogP contribution in [0.2, 0.25) is 5.15 Å². The van der Waals surface area contributed by atoms with Gasteiger partial charge in [0.05, 0.1) is 16.9 Å². The minimum absolute atomic E-state index is 0.361. The number of aromatic nitrogens is 3. The average molecular weight is 306 g/mol. The predicted molar refractivity (Wildman–Crippen MR) is 82.1 cm³/mol. The maximum atomic E-state index is 6.01. The summed E-state index contributed by atoms with van der Waals surface area (Å²) in [6, 6.07) is 3.59. The Morgan fingerprint density at radius 1 is 1.19 bits per heavy atom. The van der Waals surface area contributed by atoms with Crippen molar-refractivity contribution in [1.82, 2.24) is 14.8 Å². The van der Waals surface area contributed by atoms with Crippen LogP contribution in [0.25, 0.3) is 5.69 Å². The van der Waals surface area contributed by atoms with Gasteiger partial charge in [0, 0.05) is 30.1 Å². The minimum Gasteiger partial charge on any atom is -0.399 e. The van der Waals surface area contributed by atoms with Crippen LogP contribution in [0.1, 0.15) is 27.7 Å². The van der Waals surface area contributed by atoms with Crippen molar-refractivity contribution < 1.29 is 9.31 Å². The molecule has 0 bridgehead atoms. The standard InChI is InChI=1S/C14H17BClN3O2/c1-13(2)14(3,4)21-15(20-13)10-8-18-19(9-10)11-5-6-17-12(16)7-11/h5-9H,1-4H3. The lowest BCUT2D eigenvalue weighted by molar-refractivity contribution is 0.00578. The molecule has 0 N–H and O–H groups in total. The maximum Gasteiger partial charge on any atom is 0.498 e. The minimum atomic E-state index is -0.416. The van der Waals surface area contributed by atoms with E-state index >= 15 is 0 Å².